The number of hydrogen-bond donors (Lipinski definition) is 0. The molecule has 1 heterocycles. The van der Waals surface area contributed by atoms with Crippen LogP contribution in [0.2, 0.25) is 0 Å². The summed E-state index contributed by atoms with van der Waals surface area (Å²) in [4.78, 5) is 11.3. The number of ether oxygens (including phenoxy) is 1. The van der Waals surface area contributed by atoms with Gasteiger partial charge in [0.2, 0.25) is 0 Å². The van der Waals surface area contributed by atoms with Crippen molar-refractivity contribution < 1.29 is 9.53 Å². The molecule has 4 nitrogen and oxygen atoms in total. The largest absolute Gasteiger partial charge is 0.442 e. The van der Waals surface area contributed by atoms with Gasteiger partial charge >= 0.3 is 6.09 Å². The standard InChI is InChI=1S/C8H11IN2O2/c1-8(2,3)13-7(12)11-5-4-6(9)10-11/h4-5H,1-3H3. The Bertz CT molecular complexity index is 314. The van der Waals surface area contributed by atoms with E-state index >= 15 is 0 Å². The Morgan fingerprint density at radius 1 is 1.62 bits per heavy atom. The van der Waals surface area contributed by atoms with Gasteiger partial charge in [-0.05, 0) is 49.4 Å². The van der Waals surface area contributed by atoms with Crippen molar-refractivity contribution in [2.45, 2.75) is 26.4 Å². The molecule has 0 bridgehead atoms. The van der Waals surface area contributed by atoms with Gasteiger partial charge in [0.15, 0.2) is 0 Å². The Labute approximate surface area is 90.4 Å². The molecule has 1 rings (SSSR count). The van der Waals surface area contributed by atoms with Gasteiger partial charge in [0.1, 0.15) is 9.30 Å². The first-order chi connectivity index (χ1) is 5.88. The summed E-state index contributed by atoms with van der Waals surface area (Å²) in [6.07, 6.45) is 1.13. The Hall–Kier alpha value is -0.590. The third kappa shape index (κ3) is 3.33. The number of aromatic nitrogens is 2. The van der Waals surface area contributed by atoms with E-state index in [2.05, 4.69) is 5.10 Å². The minimum Gasteiger partial charge on any atom is -0.442 e. The molecule has 0 aliphatic carbocycles. The van der Waals surface area contributed by atoms with E-state index in [0.29, 0.717) is 0 Å². The van der Waals surface area contributed by atoms with Gasteiger partial charge in [-0.25, -0.2) is 4.79 Å². The van der Waals surface area contributed by atoms with Crippen molar-refractivity contribution >= 4 is 28.7 Å². The van der Waals surface area contributed by atoms with Crippen LogP contribution in [0.25, 0.3) is 0 Å². The zero-order chi connectivity index (χ0) is 10.1. The fraction of sp³-hybridized carbons (Fsp3) is 0.500. The zero-order valence-electron chi connectivity index (χ0n) is 7.74. The quantitative estimate of drug-likeness (QED) is 0.689. The van der Waals surface area contributed by atoms with Gasteiger partial charge in [0.05, 0.1) is 0 Å². The topological polar surface area (TPSA) is 44.1 Å². The van der Waals surface area contributed by atoms with E-state index in [1.54, 1.807) is 12.3 Å². The molecule has 72 valence electrons. The number of nitrogens with zero attached hydrogens (tertiary/aromatic N) is 2. The van der Waals surface area contributed by atoms with Gasteiger partial charge in [-0.1, -0.05) is 0 Å². The maximum absolute atomic E-state index is 11.3. The maximum Gasteiger partial charge on any atom is 0.435 e. The summed E-state index contributed by atoms with van der Waals surface area (Å²) in [5.74, 6) is 0. The minimum absolute atomic E-state index is 0.449. The molecule has 13 heavy (non-hydrogen) atoms. The molecule has 0 fully saturated rings. The normalized spacial score (nSPS) is 11.4. The van der Waals surface area contributed by atoms with E-state index in [1.165, 1.54) is 4.68 Å². The minimum atomic E-state index is -0.478. The summed E-state index contributed by atoms with van der Waals surface area (Å²) in [6.45, 7) is 5.46. The number of carbonyl (C=O) groups is 1. The van der Waals surface area contributed by atoms with Crippen LogP contribution in [0.3, 0.4) is 0 Å². The number of carbonyl (C=O) groups excluding carboxylic acids is 1. The van der Waals surface area contributed by atoms with E-state index in [0.717, 1.165) is 3.70 Å². The third-order valence-electron chi connectivity index (χ3n) is 1.14. The molecule has 5 heteroatoms. The molecule has 0 N–H and O–H groups in total. The highest BCUT2D eigenvalue weighted by molar-refractivity contribution is 14.1. The summed E-state index contributed by atoms with van der Waals surface area (Å²) in [5.41, 5.74) is -0.478. The fourth-order valence-corrected chi connectivity index (χ4v) is 1.11. The summed E-state index contributed by atoms with van der Waals surface area (Å²) >= 11 is 2.03. The molecule has 0 radical (unpaired) electrons. The molecule has 0 amide bonds. The molecular weight excluding hydrogens is 283 g/mol. The van der Waals surface area contributed by atoms with Crippen LogP contribution in [0.5, 0.6) is 0 Å². The van der Waals surface area contributed by atoms with E-state index in [1.807, 2.05) is 43.4 Å². The van der Waals surface area contributed by atoms with Crippen molar-refractivity contribution in [2.75, 3.05) is 0 Å². The van der Waals surface area contributed by atoms with Crippen molar-refractivity contribution in [1.82, 2.24) is 9.78 Å². The van der Waals surface area contributed by atoms with Crippen molar-refractivity contribution in [3.05, 3.63) is 16.0 Å². The van der Waals surface area contributed by atoms with Gasteiger partial charge in [0, 0.05) is 6.20 Å². The van der Waals surface area contributed by atoms with Crippen molar-refractivity contribution in [1.29, 1.82) is 0 Å². The number of hydrogen-bond acceptors (Lipinski definition) is 3. The Kier molecular flexibility index (Phi) is 2.94. The van der Waals surface area contributed by atoms with Gasteiger partial charge in [-0.3, -0.25) is 0 Å². The first-order valence-electron chi connectivity index (χ1n) is 3.83. The highest BCUT2D eigenvalue weighted by atomic mass is 127. The molecule has 0 atom stereocenters. The molecule has 1 aromatic heterocycles. The van der Waals surface area contributed by atoms with Crippen LogP contribution >= 0.6 is 22.6 Å². The lowest BCUT2D eigenvalue weighted by Gasteiger charge is -2.18. The van der Waals surface area contributed by atoms with Crippen molar-refractivity contribution in [3.63, 3.8) is 0 Å². The SMILES string of the molecule is CC(C)(C)OC(=O)n1ccc(I)n1. The molecule has 0 saturated carbocycles. The second-order valence-corrected chi connectivity index (χ2v) is 4.67. The molecule has 0 unspecified atom stereocenters. The highest BCUT2D eigenvalue weighted by Crippen LogP contribution is 2.09. The molecule has 0 aliphatic heterocycles. The van der Waals surface area contributed by atoms with Crippen molar-refractivity contribution in [2.24, 2.45) is 0 Å². The lowest BCUT2D eigenvalue weighted by molar-refractivity contribution is 0.0514. The molecule has 0 spiro atoms. The van der Waals surface area contributed by atoms with E-state index in [4.69, 9.17) is 4.74 Å². The molecule has 1 aromatic rings. The lowest BCUT2D eigenvalue weighted by Crippen LogP contribution is -2.27. The highest BCUT2D eigenvalue weighted by Gasteiger charge is 2.17. The number of rotatable bonds is 0. The summed E-state index contributed by atoms with van der Waals surface area (Å²) in [5, 5.41) is 3.92. The average molecular weight is 294 g/mol. The fourth-order valence-electron chi connectivity index (χ4n) is 0.712. The van der Waals surface area contributed by atoms with Crippen LogP contribution in [-0.2, 0) is 4.74 Å². The van der Waals surface area contributed by atoms with E-state index < -0.39 is 11.7 Å². The van der Waals surface area contributed by atoms with E-state index in [-0.39, 0.29) is 0 Å². The Morgan fingerprint density at radius 2 is 2.23 bits per heavy atom. The second kappa shape index (κ2) is 3.65. The van der Waals surface area contributed by atoms with Crippen LogP contribution in [0, 0.1) is 3.70 Å². The first-order valence-corrected chi connectivity index (χ1v) is 4.91. The monoisotopic (exact) mass is 294 g/mol. The second-order valence-electron chi connectivity index (χ2n) is 3.56. The first kappa shape index (κ1) is 10.5. The average Bonchev–Trinajstić information content (AvgIpc) is 2.31. The zero-order valence-corrected chi connectivity index (χ0v) is 9.90. The van der Waals surface area contributed by atoms with Gasteiger partial charge in [0.25, 0.3) is 0 Å². The Balaban J connectivity index is 2.70. The molecule has 0 saturated heterocycles. The smallest absolute Gasteiger partial charge is 0.435 e. The van der Waals surface area contributed by atoms with E-state index in [9.17, 15) is 4.79 Å². The van der Waals surface area contributed by atoms with Crippen LogP contribution in [0.1, 0.15) is 20.8 Å². The predicted octanol–water partition coefficient (Wildman–Crippen LogP) is 2.27. The van der Waals surface area contributed by atoms with Gasteiger partial charge in [-0.15, -0.1) is 0 Å². The van der Waals surface area contributed by atoms with Crippen LogP contribution in [0.4, 0.5) is 4.79 Å². The predicted molar refractivity (Wildman–Crippen MR) is 56.6 cm³/mol. The van der Waals surface area contributed by atoms with Crippen molar-refractivity contribution in [3.8, 4) is 0 Å². The molecule has 0 aliphatic rings. The third-order valence-corrected chi connectivity index (χ3v) is 1.71. The molecular formula is C8H11IN2O2. The summed E-state index contributed by atoms with van der Waals surface area (Å²) in [6, 6.07) is 1.74. The van der Waals surface area contributed by atoms with Crippen LogP contribution in [0.15, 0.2) is 12.3 Å². The molecule has 0 aromatic carbocycles. The summed E-state index contributed by atoms with van der Waals surface area (Å²) < 4.78 is 7.05. The van der Waals surface area contributed by atoms with Crippen LogP contribution in [-0.4, -0.2) is 21.5 Å². The van der Waals surface area contributed by atoms with Crippen LogP contribution < -0.4 is 0 Å². The Morgan fingerprint density at radius 3 is 2.62 bits per heavy atom. The van der Waals surface area contributed by atoms with Gasteiger partial charge in [-0.2, -0.15) is 9.78 Å². The van der Waals surface area contributed by atoms with Gasteiger partial charge < -0.3 is 4.74 Å². The maximum atomic E-state index is 11.3. The number of halogens is 1. The summed E-state index contributed by atoms with van der Waals surface area (Å²) in [7, 11) is 0. The lowest BCUT2D eigenvalue weighted by atomic mass is 10.2.